The molecule has 0 radical (unpaired) electrons. The molecule has 1 heterocycles. The molecule has 0 aliphatic rings. The number of hydrogen-bond donors (Lipinski definition) is 1. The van der Waals surface area contributed by atoms with E-state index in [2.05, 4.69) is 10.3 Å². The molecular weight excluding hydrogens is 254 g/mol. The van der Waals surface area contributed by atoms with Crippen LogP contribution < -0.4 is 14.8 Å². The van der Waals surface area contributed by atoms with E-state index in [1.807, 2.05) is 24.3 Å². The Kier molecular flexibility index (Phi) is 4.40. The van der Waals surface area contributed by atoms with Crippen molar-refractivity contribution in [2.75, 3.05) is 19.5 Å². The van der Waals surface area contributed by atoms with Gasteiger partial charge in [0, 0.05) is 24.4 Å². The Morgan fingerprint density at radius 1 is 1.20 bits per heavy atom. The summed E-state index contributed by atoms with van der Waals surface area (Å²) in [4.78, 5) is 4.15. The van der Waals surface area contributed by atoms with E-state index in [-0.39, 0.29) is 0 Å². The Hall–Kier alpha value is -2.74. The molecule has 0 saturated carbocycles. The fraction of sp³-hybridized carbons (Fsp3) is 0.200. The number of nitriles is 1. The molecule has 5 heteroatoms. The van der Waals surface area contributed by atoms with Crippen molar-refractivity contribution in [1.82, 2.24) is 4.98 Å². The van der Waals surface area contributed by atoms with E-state index in [0.29, 0.717) is 17.9 Å². The SMILES string of the molecule is COc1ccc(CNc2ccc(C#N)cn2)c(OC)c1. The molecular formula is C15H15N3O2. The van der Waals surface area contributed by atoms with E-state index in [9.17, 15) is 0 Å². The summed E-state index contributed by atoms with van der Waals surface area (Å²) in [7, 11) is 3.24. The molecule has 102 valence electrons. The second-order valence-corrected chi connectivity index (χ2v) is 4.08. The van der Waals surface area contributed by atoms with E-state index >= 15 is 0 Å². The molecule has 0 spiro atoms. The summed E-state index contributed by atoms with van der Waals surface area (Å²) in [6, 6.07) is 11.2. The third kappa shape index (κ3) is 3.18. The van der Waals surface area contributed by atoms with Crippen LogP contribution in [0, 0.1) is 11.3 Å². The number of rotatable bonds is 5. The smallest absolute Gasteiger partial charge is 0.127 e. The van der Waals surface area contributed by atoms with Gasteiger partial charge in [-0.2, -0.15) is 5.26 Å². The highest BCUT2D eigenvalue weighted by Crippen LogP contribution is 2.25. The van der Waals surface area contributed by atoms with Crippen molar-refractivity contribution in [3.8, 4) is 17.6 Å². The minimum Gasteiger partial charge on any atom is -0.497 e. The van der Waals surface area contributed by atoms with Crippen LogP contribution in [0.3, 0.4) is 0 Å². The van der Waals surface area contributed by atoms with E-state index in [1.54, 1.807) is 26.4 Å². The molecule has 5 nitrogen and oxygen atoms in total. The lowest BCUT2D eigenvalue weighted by atomic mass is 10.2. The molecule has 0 unspecified atom stereocenters. The number of hydrogen-bond acceptors (Lipinski definition) is 5. The standard InChI is InChI=1S/C15H15N3O2/c1-19-13-5-4-12(14(7-13)20-2)10-18-15-6-3-11(8-16)9-17-15/h3-7,9H,10H2,1-2H3,(H,17,18). The van der Waals surface area contributed by atoms with Gasteiger partial charge in [-0.05, 0) is 24.3 Å². The number of anilines is 1. The Bertz CT molecular complexity index is 618. The van der Waals surface area contributed by atoms with Crippen LogP contribution in [-0.4, -0.2) is 19.2 Å². The van der Waals surface area contributed by atoms with Crippen molar-refractivity contribution in [1.29, 1.82) is 5.26 Å². The molecule has 0 amide bonds. The topological polar surface area (TPSA) is 67.2 Å². The van der Waals surface area contributed by atoms with Crippen LogP contribution in [0.25, 0.3) is 0 Å². The molecule has 2 aromatic rings. The number of pyridine rings is 1. The average molecular weight is 269 g/mol. The number of aromatic nitrogens is 1. The van der Waals surface area contributed by atoms with Gasteiger partial charge in [-0.15, -0.1) is 0 Å². The van der Waals surface area contributed by atoms with Crippen LogP contribution in [0.1, 0.15) is 11.1 Å². The van der Waals surface area contributed by atoms with Crippen molar-refractivity contribution in [2.24, 2.45) is 0 Å². The van der Waals surface area contributed by atoms with Crippen LogP contribution in [0.4, 0.5) is 5.82 Å². The summed E-state index contributed by atoms with van der Waals surface area (Å²) in [6.45, 7) is 0.575. The van der Waals surface area contributed by atoms with Gasteiger partial charge < -0.3 is 14.8 Å². The zero-order valence-electron chi connectivity index (χ0n) is 11.4. The summed E-state index contributed by atoms with van der Waals surface area (Å²) in [5.74, 6) is 2.22. The Labute approximate surface area is 117 Å². The Morgan fingerprint density at radius 2 is 2.05 bits per heavy atom. The molecule has 0 aliphatic heterocycles. The average Bonchev–Trinajstić information content (AvgIpc) is 2.53. The number of nitrogens with one attached hydrogen (secondary N) is 1. The summed E-state index contributed by atoms with van der Waals surface area (Å²) in [6.07, 6.45) is 1.54. The quantitative estimate of drug-likeness (QED) is 0.903. The van der Waals surface area contributed by atoms with E-state index in [1.165, 1.54) is 6.20 Å². The van der Waals surface area contributed by atoms with Gasteiger partial charge in [0.15, 0.2) is 0 Å². The molecule has 0 bridgehead atoms. The van der Waals surface area contributed by atoms with Crippen LogP contribution in [0.2, 0.25) is 0 Å². The minimum atomic E-state index is 0.539. The van der Waals surface area contributed by atoms with E-state index in [4.69, 9.17) is 14.7 Å². The van der Waals surface area contributed by atoms with Crippen LogP contribution in [-0.2, 0) is 6.54 Å². The monoisotopic (exact) mass is 269 g/mol. The zero-order chi connectivity index (χ0) is 14.4. The number of methoxy groups -OCH3 is 2. The molecule has 1 aromatic heterocycles. The largest absolute Gasteiger partial charge is 0.497 e. The van der Waals surface area contributed by atoms with Gasteiger partial charge in [-0.25, -0.2) is 4.98 Å². The number of ether oxygens (including phenoxy) is 2. The first-order valence-electron chi connectivity index (χ1n) is 6.07. The third-order valence-corrected chi connectivity index (χ3v) is 2.85. The summed E-state index contributed by atoms with van der Waals surface area (Å²) in [5, 5.41) is 11.9. The second-order valence-electron chi connectivity index (χ2n) is 4.08. The summed E-state index contributed by atoms with van der Waals surface area (Å²) in [5.41, 5.74) is 1.54. The molecule has 0 fully saturated rings. The maximum Gasteiger partial charge on any atom is 0.127 e. The molecule has 0 aliphatic carbocycles. The minimum absolute atomic E-state index is 0.539. The maximum absolute atomic E-state index is 8.72. The van der Waals surface area contributed by atoms with Crippen molar-refractivity contribution >= 4 is 5.82 Å². The molecule has 20 heavy (non-hydrogen) atoms. The van der Waals surface area contributed by atoms with Gasteiger partial charge in [0.2, 0.25) is 0 Å². The van der Waals surface area contributed by atoms with Crippen molar-refractivity contribution in [3.05, 3.63) is 47.7 Å². The van der Waals surface area contributed by atoms with Gasteiger partial charge in [-0.3, -0.25) is 0 Å². The number of nitrogens with zero attached hydrogens (tertiary/aromatic N) is 2. The highest BCUT2D eigenvalue weighted by molar-refractivity contribution is 5.44. The maximum atomic E-state index is 8.72. The first-order valence-corrected chi connectivity index (χ1v) is 6.07. The van der Waals surface area contributed by atoms with Gasteiger partial charge in [0.05, 0.1) is 19.8 Å². The second kappa shape index (κ2) is 6.43. The first-order chi connectivity index (χ1) is 9.76. The Morgan fingerprint density at radius 3 is 2.65 bits per heavy atom. The van der Waals surface area contributed by atoms with Crippen LogP contribution >= 0.6 is 0 Å². The van der Waals surface area contributed by atoms with Crippen molar-refractivity contribution in [2.45, 2.75) is 6.54 Å². The highest BCUT2D eigenvalue weighted by Gasteiger charge is 2.05. The van der Waals surface area contributed by atoms with Gasteiger partial charge in [0.1, 0.15) is 23.4 Å². The predicted molar refractivity (Wildman–Crippen MR) is 75.8 cm³/mol. The highest BCUT2D eigenvalue weighted by atomic mass is 16.5. The zero-order valence-corrected chi connectivity index (χ0v) is 11.4. The fourth-order valence-electron chi connectivity index (χ4n) is 1.75. The molecule has 1 N–H and O–H groups in total. The van der Waals surface area contributed by atoms with Crippen LogP contribution in [0.15, 0.2) is 36.5 Å². The van der Waals surface area contributed by atoms with Gasteiger partial charge in [0.25, 0.3) is 0 Å². The predicted octanol–water partition coefficient (Wildman–Crippen LogP) is 2.58. The first kappa shape index (κ1) is 13.7. The lowest BCUT2D eigenvalue weighted by molar-refractivity contribution is 0.391. The summed E-state index contributed by atoms with van der Waals surface area (Å²) >= 11 is 0. The van der Waals surface area contributed by atoms with E-state index < -0.39 is 0 Å². The normalized spacial score (nSPS) is 9.65. The lowest BCUT2D eigenvalue weighted by Gasteiger charge is -2.11. The molecule has 2 rings (SSSR count). The number of benzene rings is 1. The van der Waals surface area contributed by atoms with Gasteiger partial charge in [-0.1, -0.05) is 0 Å². The molecule has 0 atom stereocenters. The summed E-state index contributed by atoms with van der Waals surface area (Å²) < 4.78 is 10.5. The van der Waals surface area contributed by atoms with Crippen molar-refractivity contribution in [3.63, 3.8) is 0 Å². The van der Waals surface area contributed by atoms with E-state index in [0.717, 1.165) is 17.1 Å². The molecule has 1 aromatic carbocycles. The van der Waals surface area contributed by atoms with Gasteiger partial charge >= 0.3 is 0 Å². The lowest BCUT2D eigenvalue weighted by Crippen LogP contribution is -2.03. The molecule has 0 saturated heterocycles. The Balaban J connectivity index is 2.08. The van der Waals surface area contributed by atoms with Crippen LogP contribution in [0.5, 0.6) is 11.5 Å². The fourth-order valence-corrected chi connectivity index (χ4v) is 1.75. The third-order valence-electron chi connectivity index (χ3n) is 2.85. The van der Waals surface area contributed by atoms with Crippen molar-refractivity contribution < 1.29 is 9.47 Å².